The van der Waals surface area contributed by atoms with Gasteiger partial charge in [-0.2, -0.15) is 0 Å². The number of anilines is 2. The molecule has 0 unspecified atom stereocenters. The van der Waals surface area contributed by atoms with Crippen LogP contribution < -0.4 is 24.8 Å². The number of carbonyl (C=O) groups is 2. The lowest BCUT2D eigenvalue weighted by Crippen LogP contribution is -2.34. The van der Waals surface area contributed by atoms with Crippen LogP contribution in [0, 0.1) is 5.92 Å². The van der Waals surface area contributed by atoms with E-state index < -0.39 is 6.10 Å². The van der Waals surface area contributed by atoms with Crippen LogP contribution >= 0.6 is 0 Å². The van der Waals surface area contributed by atoms with Crippen molar-refractivity contribution in [1.29, 1.82) is 0 Å². The molecule has 2 aromatic rings. The van der Waals surface area contributed by atoms with Gasteiger partial charge in [0.05, 0.1) is 19.4 Å². The lowest BCUT2D eigenvalue weighted by Gasteiger charge is -2.23. The lowest BCUT2D eigenvalue weighted by molar-refractivity contribution is -0.122. The van der Waals surface area contributed by atoms with Crippen LogP contribution in [0.2, 0.25) is 0 Å². The van der Waals surface area contributed by atoms with Crippen LogP contribution in [0.25, 0.3) is 0 Å². The molecule has 0 saturated heterocycles. The molecule has 1 aliphatic rings. The molecule has 3 rings (SSSR count). The fourth-order valence-corrected chi connectivity index (χ4v) is 2.82. The van der Waals surface area contributed by atoms with Crippen molar-refractivity contribution in [3.05, 3.63) is 42.0 Å². The summed E-state index contributed by atoms with van der Waals surface area (Å²) in [5.41, 5.74) is 1.51. The molecule has 154 valence electrons. The maximum absolute atomic E-state index is 12.7. The van der Waals surface area contributed by atoms with E-state index in [9.17, 15) is 9.59 Å². The Morgan fingerprint density at radius 2 is 2.00 bits per heavy atom. The summed E-state index contributed by atoms with van der Waals surface area (Å²) in [5, 5.41) is 5.59. The fraction of sp³-hybridized carbons (Fsp3) is 0.364. The van der Waals surface area contributed by atoms with Crippen molar-refractivity contribution in [2.45, 2.75) is 33.3 Å². The minimum atomic E-state index is -0.545. The third-order valence-corrected chi connectivity index (χ3v) is 4.55. The van der Waals surface area contributed by atoms with E-state index in [1.54, 1.807) is 50.4 Å². The number of hydrogen-bond donors (Lipinski definition) is 2. The Bertz CT molecular complexity index is 910. The average Bonchev–Trinajstić information content (AvgIpc) is 2.69. The summed E-state index contributed by atoms with van der Waals surface area (Å²) in [6.45, 7) is 6.53. The molecule has 0 aliphatic carbocycles. The summed E-state index contributed by atoms with van der Waals surface area (Å²) in [6, 6.07) is 10.2. The van der Waals surface area contributed by atoms with Crippen molar-refractivity contribution < 1.29 is 23.8 Å². The molecule has 2 N–H and O–H groups in total. The molecule has 7 heteroatoms. The fourth-order valence-electron chi connectivity index (χ4n) is 2.82. The van der Waals surface area contributed by atoms with Gasteiger partial charge in [0.2, 0.25) is 0 Å². The Labute approximate surface area is 170 Å². The lowest BCUT2D eigenvalue weighted by atomic mass is 10.1. The molecule has 0 spiro atoms. The first-order chi connectivity index (χ1) is 13.9. The summed E-state index contributed by atoms with van der Waals surface area (Å²) in [5.74, 6) is 1.70. The summed E-state index contributed by atoms with van der Waals surface area (Å²) < 4.78 is 16.7. The molecule has 0 fully saturated rings. The molecule has 29 heavy (non-hydrogen) atoms. The van der Waals surface area contributed by atoms with E-state index in [0.717, 1.165) is 6.42 Å². The first-order valence-corrected chi connectivity index (χ1v) is 9.61. The van der Waals surface area contributed by atoms with Gasteiger partial charge in [-0.05, 0) is 55.7 Å². The van der Waals surface area contributed by atoms with E-state index in [1.165, 1.54) is 0 Å². The molecule has 1 aliphatic heterocycles. The van der Waals surface area contributed by atoms with E-state index >= 15 is 0 Å². The van der Waals surface area contributed by atoms with Crippen LogP contribution in [0.1, 0.15) is 37.6 Å². The molecular formula is C22H26N2O5. The van der Waals surface area contributed by atoms with Crippen molar-refractivity contribution >= 4 is 23.2 Å². The Kier molecular flexibility index (Phi) is 6.26. The second kappa shape index (κ2) is 8.86. The maximum atomic E-state index is 12.7. The van der Waals surface area contributed by atoms with Crippen molar-refractivity contribution in [1.82, 2.24) is 0 Å². The molecule has 0 radical (unpaired) electrons. The summed E-state index contributed by atoms with van der Waals surface area (Å²) in [4.78, 5) is 24.4. The number of ether oxygens (including phenoxy) is 3. The number of methoxy groups -OCH3 is 1. The third-order valence-electron chi connectivity index (χ3n) is 4.55. The number of rotatable bonds is 7. The largest absolute Gasteiger partial charge is 0.493 e. The Morgan fingerprint density at radius 3 is 2.72 bits per heavy atom. The Morgan fingerprint density at radius 1 is 1.21 bits per heavy atom. The predicted octanol–water partition coefficient (Wildman–Crippen LogP) is 4.09. The summed E-state index contributed by atoms with van der Waals surface area (Å²) >= 11 is 0. The standard InChI is InChI=1S/C22H26N2O5/c1-13(2)9-10-28-19-7-5-15(11-20(19)27-4)22(26)23-16-6-8-18-17(12-16)24-21(25)14(3)29-18/h5-8,11-14H,9-10H2,1-4H3,(H,23,26)(H,24,25)/t14-/m1/s1. The second-order valence-electron chi connectivity index (χ2n) is 7.31. The van der Waals surface area contributed by atoms with Gasteiger partial charge in [0.1, 0.15) is 5.75 Å². The van der Waals surface area contributed by atoms with Crippen molar-refractivity contribution in [2.24, 2.45) is 5.92 Å². The highest BCUT2D eigenvalue weighted by Gasteiger charge is 2.23. The summed E-state index contributed by atoms with van der Waals surface area (Å²) in [7, 11) is 1.54. The summed E-state index contributed by atoms with van der Waals surface area (Å²) in [6.07, 6.45) is 0.389. The van der Waals surface area contributed by atoms with E-state index in [1.807, 2.05) is 0 Å². The molecule has 2 aromatic carbocycles. The van der Waals surface area contributed by atoms with Crippen molar-refractivity contribution in [2.75, 3.05) is 24.4 Å². The first-order valence-electron chi connectivity index (χ1n) is 9.61. The van der Waals surface area contributed by atoms with Gasteiger partial charge >= 0.3 is 0 Å². The maximum Gasteiger partial charge on any atom is 0.265 e. The molecular weight excluding hydrogens is 372 g/mol. The van der Waals surface area contributed by atoms with Gasteiger partial charge in [0.25, 0.3) is 11.8 Å². The third kappa shape index (κ3) is 4.99. The van der Waals surface area contributed by atoms with Crippen LogP contribution in [-0.2, 0) is 4.79 Å². The van der Waals surface area contributed by atoms with Gasteiger partial charge in [-0.1, -0.05) is 13.8 Å². The molecule has 2 amide bonds. The van der Waals surface area contributed by atoms with E-state index in [2.05, 4.69) is 24.5 Å². The number of hydrogen-bond acceptors (Lipinski definition) is 5. The quantitative estimate of drug-likeness (QED) is 0.734. The molecule has 0 aromatic heterocycles. The molecule has 1 atom stereocenters. The number of benzene rings is 2. The normalized spacial score (nSPS) is 15.2. The van der Waals surface area contributed by atoms with Crippen LogP contribution in [0.15, 0.2) is 36.4 Å². The number of fused-ring (bicyclic) bond motifs is 1. The van der Waals surface area contributed by atoms with Gasteiger partial charge in [0.15, 0.2) is 17.6 Å². The highest BCUT2D eigenvalue weighted by atomic mass is 16.5. The smallest absolute Gasteiger partial charge is 0.265 e. The van der Waals surface area contributed by atoms with E-state index in [-0.39, 0.29) is 11.8 Å². The average molecular weight is 398 g/mol. The Hall–Kier alpha value is -3.22. The number of amides is 2. The topological polar surface area (TPSA) is 85.9 Å². The zero-order valence-electron chi connectivity index (χ0n) is 17.1. The molecule has 0 saturated carbocycles. The van der Waals surface area contributed by atoms with Crippen molar-refractivity contribution in [3.63, 3.8) is 0 Å². The van der Waals surface area contributed by atoms with Gasteiger partial charge < -0.3 is 24.8 Å². The SMILES string of the molecule is COc1cc(C(=O)Nc2ccc3c(c2)NC(=O)[C@@H](C)O3)ccc1OCCC(C)C. The molecule has 1 heterocycles. The van der Waals surface area contributed by atoms with Gasteiger partial charge in [-0.25, -0.2) is 0 Å². The van der Waals surface area contributed by atoms with Crippen LogP contribution in [0.5, 0.6) is 17.2 Å². The minimum Gasteiger partial charge on any atom is -0.493 e. The predicted molar refractivity (Wildman–Crippen MR) is 111 cm³/mol. The van der Waals surface area contributed by atoms with Gasteiger partial charge in [-0.15, -0.1) is 0 Å². The van der Waals surface area contributed by atoms with Crippen LogP contribution in [0.3, 0.4) is 0 Å². The highest BCUT2D eigenvalue weighted by molar-refractivity contribution is 6.05. The monoisotopic (exact) mass is 398 g/mol. The zero-order chi connectivity index (χ0) is 21.0. The van der Waals surface area contributed by atoms with Crippen LogP contribution in [-0.4, -0.2) is 31.6 Å². The van der Waals surface area contributed by atoms with Gasteiger partial charge in [0, 0.05) is 11.3 Å². The zero-order valence-corrected chi connectivity index (χ0v) is 17.1. The first kappa shape index (κ1) is 20.5. The van der Waals surface area contributed by atoms with Crippen molar-refractivity contribution in [3.8, 4) is 17.2 Å². The molecule has 7 nitrogen and oxygen atoms in total. The number of carbonyl (C=O) groups excluding carboxylic acids is 2. The minimum absolute atomic E-state index is 0.223. The highest BCUT2D eigenvalue weighted by Crippen LogP contribution is 2.33. The molecule has 0 bridgehead atoms. The van der Waals surface area contributed by atoms with E-state index in [4.69, 9.17) is 14.2 Å². The van der Waals surface area contributed by atoms with Gasteiger partial charge in [-0.3, -0.25) is 9.59 Å². The number of nitrogens with one attached hydrogen (secondary N) is 2. The second-order valence-corrected chi connectivity index (χ2v) is 7.31. The van der Waals surface area contributed by atoms with E-state index in [0.29, 0.717) is 46.7 Å². The van der Waals surface area contributed by atoms with Crippen LogP contribution in [0.4, 0.5) is 11.4 Å². The Balaban J connectivity index is 1.71.